The summed E-state index contributed by atoms with van der Waals surface area (Å²) in [6.45, 7) is 6.45. The van der Waals surface area contributed by atoms with Crippen LogP contribution in [0.5, 0.6) is 0 Å². The van der Waals surface area contributed by atoms with Crippen LogP contribution in [0.15, 0.2) is 18.3 Å². The van der Waals surface area contributed by atoms with Crippen LogP contribution in [0.4, 0.5) is 0 Å². The Balaban J connectivity index is 1.50. The number of hydrogen-bond donors (Lipinski definition) is 1. The minimum atomic E-state index is -0.903. The van der Waals surface area contributed by atoms with Gasteiger partial charge in [0.15, 0.2) is 0 Å². The molecule has 1 aromatic heterocycles. The summed E-state index contributed by atoms with van der Waals surface area (Å²) in [7, 11) is 0. The number of aromatic carboxylic acids is 1. The number of carboxylic acids is 1. The molecule has 120 valence electrons. The van der Waals surface area contributed by atoms with Gasteiger partial charge in [0, 0.05) is 52.1 Å². The molecule has 0 aromatic carbocycles. The maximum Gasteiger partial charge on any atom is 0.337 e. The van der Waals surface area contributed by atoms with Gasteiger partial charge in [-0.1, -0.05) is 0 Å². The Labute approximate surface area is 130 Å². The highest BCUT2D eigenvalue weighted by molar-refractivity contribution is 5.88. The maximum absolute atomic E-state index is 11.2. The Kier molecular flexibility index (Phi) is 5.02. The third kappa shape index (κ3) is 3.82. The van der Waals surface area contributed by atoms with Crippen LogP contribution >= 0.6 is 0 Å². The topological polar surface area (TPSA) is 65.9 Å². The average Bonchev–Trinajstić information content (AvgIpc) is 3.02. The second-order valence-corrected chi connectivity index (χ2v) is 6.01. The third-order valence-corrected chi connectivity index (χ3v) is 4.44. The van der Waals surface area contributed by atoms with Gasteiger partial charge < -0.3 is 9.84 Å². The highest BCUT2D eigenvalue weighted by Crippen LogP contribution is 2.15. The number of rotatable bonds is 5. The molecule has 0 aliphatic carbocycles. The van der Waals surface area contributed by atoms with Crippen molar-refractivity contribution in [3.8, 4) is 0 Å². The van der Waals surface area contributed by atoms with E-state index in [0.29, 0.717) is 23.9 Å². The van der Waals surface area contributed by atoms with Gasteiger partial charge in [-0.2, -0.15) is 0 Å². The number of carbonyl (C=O) groups is 1. The minimum Gasteiger partial charge on any atom is -0.478 e. The van der Waals surface area contributed by atoms with Crippen molar-refractivity contribution in [3.05, 3.63) is 29.6 Å². The van der Waals surface area contributed by atoms with E-state index in [9.17, 15) is 9.90 Å². The molecule has 2 saturated heterocycles. The van der Waals surface area contributed by atoms with Gasteiger partial charge >= 0.3 is 5.97 Å². The minimum absolute atomic E-state index is 0.310. The van der Waals surface area contributed by atoms with Crippen LogP contribution in [0.1, 0.15) is 28.9 Å². The van der Waals surface area contributed by atoms with Crippen molar-refractivity contribution in [2.24, 2.45) is 0 Å². The van der Waals surface area contributed by atoms with Crippen molar-refractivity contribution in [2.75, 3.05) is 39.3 Å². The fourth-order valence-corrected chi connectivity index (χ4v) is 3.18. The summed E-state index contributed by atoms with van der Waals surface area (Å²) >= 11 is 0. The van der Waals surface area contributed by atoms with Gasteiger partial charge in [0.25, 0.3) is 0 Å². The predicted octanol–water partition coefficient (Wildman–Crippen LogP) is 1.08. The second kappa shape index (κ2) is 7.17. The molecule has 3 heterocycles. The van der Waals surface area contributed by atoms with E-state index in [4.69, 9.17) is 4.74 Å². The lowest BCUT2D eigenvalue weighted by Crippen LogP contribution is -2.48. The molecule has 2 aliphatic heterocycles. The van der Waals surface area contributed by atoms with Crippen LogP contribution in [-0.2, 0) is 11.3 Å². The number of carboxylic acid groups (broad SMARTS) is 1. The molecule has 6 nitrogen and oxygen atoms in total. The Bertz CT molecular complexity index is 509. The molecule has 0 saturated carbocycles. The van der Waals surface area contributed by atoms with Crippen LogP contribution in [0, 0.1) is 0 Å². The van der Waals surface area contributed by atoms with Crippen molar-refractivity contribution >= 4 is 5.97 Å². The van der Waals surface area contributed by atoms with Gasteiger partial charge in [0.2, 0.25) is 0 Å². The van der Waals surface area contributed by atoms with Gasteiger partial charge in [-0.25, -0.2) is 4.79 Å². The average molecular weight is 305 g/mol. The number of piperazine rings is 1. The highest BCUT2D eigenvalue weighted by Gasteiger charge is 2.23. The van der Waals surface area contributed by atoms with Crippen molar-refractivity contribution in [2.45, 2.75) is 25.5 Å². The van der Waals surface area contributed by atoms with E-state index in [-0.39, 0.29) is 0 Å². The molecule has 6 heteroatoms. The molecule has 1 aromatic rings. The maximum atomic E-state index is 11.2. The summed E-state index contributed by atoms with van der Waals surface area (Å²) in [5.74, 6) is -0.903. The standard InChI is InChI=1S/C16H23N3O3/c20-16(21)14-4-1-5-17-15(14)12-19-8-6-18(7-9-19)11-13-3-2-10-22-13/h1,4-5,13H,2-3,6-12H2,(H,20,21)/t13-/m1/s1. The largest absolute Gasteiger partial charge is 0.478 e. The summed E-state index contributed by atoms with van der Waals surface area (Å²) in [6, 6.07) is 3.30. The first kappa shape index (κ1) is 15.4. The summed E-state index contributed by atoms with van der Waals surface area (Å²) < 4.78 is 5.69. The van der Waals surface area contributed by atoms with Gasteiger partial charge in [0.1, 0.15) is 0 Å². The van der Waals surface area contributed by atoms with E-state index in [2.05, 4.69) is 14.8 Å². The lowest BCUT2D eigenvalue weighted by molar-refractivity contribution is 0.0484. The molecule has 0 bridgehead atoms. The van der Waals surface area contributed by atoms with Crippen LogP contribution in [0.2, 0.25) is 0 Å². The van der Waals surface area contributed by atoms with Crippen molar-refractivity contribution in [1.29, 1.82) is 0 Å². The highest BCUT2D eigenvalue weighted by atomic mass is 16.5. The Morgan fingerprint density at radius 3 is 2.77 bits per heavy atom. The van der Waals surface area contributed by atoms with Crippen molar-refractivity contribution < 1.29 is 14.6 Å². The Morgan fingerprint density at radius 2 is 2.09 bits per heavy atom. The molecular weight excluding hydrogens is 282 g/mol. The van der Waals surface area contributed by atoms with Gasteiger partial charge in [-0.05, 0) is 25.0 Å². The van der Waals surface area contributed by atoms with Gasteiger partial charge in [0.05, 0.1) is 17.4 Å². The second-order valence-electron chi connectivity index (χ2n) is 6.01. The normalized spacial score (nSPS) is 23.7. The quantitative estimate of drug-likeness (QED) is 0.878. The fraction of sp³-hybridized carbons (Fsp3) is 0.625. The molecule has 2 fully saturated rings. The first-order chi connectivity index (χ1) is 10.7. The molecule has 2 aliphatic rings. The zero-order valence-corrected chi connectivity index (χ0v) is 12.8. The smallest absolute Gasteiger partial charge is 0.337 e. The Hall–Kier alpha value is -1.50. The molecule has 0 amide bonds. The molecule has 3 rings (SSSR count). The molecule has 0 spiro atoms. The SMILES string of the molecule is O=C(O)c1cccnc1CN1CCN(C[C@H]2CCCO2)CC1. The fourth-order valence-electron chi connectivity index (χ4n) is 3.18. The third-order valence-electron chi connectivity index (χ3n) is 4.44. The number of ether oxygens (including phenoxy) is 1. The van der Waals surface area contributed by atoms with Crippen LogP contribution in [0.3, 0.4) is 0 Å². The summed E-state index contributed by atoms with van der Waals surface area (Å²) in [4.78, 5) is 20.2. The molecule has 1 N–H and O–H groups in total. The number of pyridine rings is 1. The molecule has 22 heavy (non-hydrogen) atoms. The summed E-state index contributed by atoms with van der Waals surface area (Å²) in [5, 5.41) is 9.22. The van der Waals surface area contributed by atoms with Gasteiger partial charge in [-0.15, -0.1) is 0 Å². The number of aromatic nitrogens is 1. The van der Waals surface area contributed by atoms with E-state index in [1.165, 1.54) is 12.8 Å². The lowest BCUT2D eigenvalue weighted by Gasteiger charge is -2.35. The lowest BCUT2D eigenvalue weighted by atomic mass is 10.1. The molecule has 0 radical (unpaired) electrons. The zero-order valence-electron chi connectivity index (χ0n) is 12.8. The predicted molar refractivity (Wildman–Crippen MR) is 81.9 cm³/mol. The zero-order chi connectivity index (χ0) is 15.4. The molecule has 0 unspecified atom stereocenters. The van der Waals surface area contributed by atoms with Crippen LogP contribution in [0.25, 0.3) is 0 Å². The monoisotopic (exact) mass is 305 g/mol. The van der Waals surface area contributed by atoms with Gasteiger partial charge in [-0.3, -0.25) is 14.8 Å². The molecular formula is C16H23N3O3. The molecule has 1 atom stereocenters. The number of hydrogen-bond acceptors (Lipinski definition) is 5. The first-order valence-electron chi connectivity index (χ1n) is 7.96. The van der Waals surface area contributed by atoms with E-state index in [0.717, 1.165) is 39.3 Å². The van der Waals surface area contributed by atoms with Crippen molar-refractivity contribution in [1.82, 2.24) is 14.8 Å². The van der Waals surface area contributed by atoms with E-state index >= 15 is 0 Å². The Morgan fingerprint density at radius 1 is 1.32 bits per heavy atom. The summed E-state index contributed by atoms with van der Waals surface area (Å²) in [5.41, 5.74) is 0.965. The van der Waals surface area contributed by atoms with Crippen molar-refractivity contribution in [3.63, 3.8) is 0 Å². The number of nitrogens with zero attached hydrogens (tertiary/aromatic N) is 3. The first-order valence-corrected chi connectivity index (χ1v) is 7.96. The van der Waals surface area contributed by atoms with E-state index in [1.807, 2.05) is 0 Å². The summed E-state index contributed by atoms with van der Waals surface area (Å²) in [6.07, 6.45) is 4.43. The van der Waals surface area contributed by atoms with E-state index in [1.54, 1.807) is 18.3 Å². The van der Waals surface area contributed by atoms with Crippen LogP contribution in [-0.4, -0.2) is 71.3 Å². The van der Waals surface area contributed by atoms with Crippen LogP contribution < -0.4 is 0 Å². The van der Waals surface area contributed by atoms with E-state index < -0.39 is 5.97 Å².